The van der Waals surface area contributed by atoms with Crippen LogP contribution in [0.3, 0.4) is 0 Å². The summed E-state index contributed by atoms with van der Waals surface area (Å²) < 4.78 is 65.9. The van der Waals surface area contributed by atoms with Gasteiger partial charge in [0.1, 0.15) is 5.01 Å². The number of sulfonamides is 1. The highest BCUT2D eigenvalue weighted by atomic mass is 32.2. The molecule has 2 heterocycles. The minimum Gasteiger partial charge on any atom is -0.387 e. The van der Waals surface area contributed by atoms with Crippen molar-refractivity contribution in [1.29, 1.82) is 0 Å². The maximum atomic E-state index is 13.0. The molecule has 0 saturated heterocycles. The third-order valence-electron chi connectivity index (χ3n) is 6.37. The van der Waals surface area contributed by atoms with E-state index in [1.807, 2.05) is 18.2 Å². The summed E-state index contributed by atoms with van der Waals surface area (Å²) in [5, 5.41) is 15.8. The van der Waals surface area contributed by atoms with Crippen molar-refractivity contribution in [3.05, 3.63) is 113 Å². The lowest BCUT2D eigenvalue weighted by atomic mass is 10.1. The summed E-state index contributed by atoms with van der Waals surface area (Å²) in [7, 11) is -3.84. The summed E-state index contributed by atoms with van der Waals surface area (Å²) >= 11 is 1.32. The third-order valence-corrected chi connectivity index (χ3v) is 8.66. The summed E-state index contributed by atoms with van der Waals surface area (Å²) in [4.78, 5) is 8.60. The van der Waals surface area contributed by atoms with Gasteiger partial charge in [-0.05, 0) is 61.4 Å². The second kappa shape index (κ2) is 14.6. The highest BCUT2D eigenvalue weighted by Gasteiger charge is 2.24. The number of rotatable bonds is 13. The summed E-state index contributed by atoms with van der Waals surface area (Å²) in [6.07, 6.45) is 2.19. The maximum Gasteiger partial charge on any atom is 0.392 e. The van der Waals surface area contributed by atoms with Crippen molar-refractivity contribution in [2.24, 2.45) is 0 Å². The summed E-state index contributed by atoms with van der Waals surface area (Å²) in [5.74, 6) is 0. The first-order valence-corrected chi connectivity index (χ1v) is 15.8. The lowest BCUT2D eigenvalue weighted by Crippen LogP contribution is -2.23. The number of aromatic nitrogens is 2. The van der Waals surface area contributed by atoms with E-state index in [-0.39, 0.29) is 4.90 Å². The molecule has 226 valence electrons. The van der Waals surface area contributed by atoms with E-state index in [4.69, 9.17) is 0 Å². The zero-order valence-electron chi connectivity index (χ0n) is 23.3. The molecule has 0 saturated carbocycles. The SMILES string of the molecule is C/C=C(\C=C/CC(F)(F)F)c1csc(-c2ccc(S(=O)(=O)Nc3ccc(CCNC[C@H](O)c4cccnc4)cc3)cc2)n1. The summed E-state index contributed by atoms with van der Waals surface area (Å²) in [6, 6.07) is 16.9. The van der Waals surface area contributed by atoms with Gasteiger partial charge in [-0.3, -0.25) is 9.71 Å². The molecule has 43 heavy (non-hydrogen) atoms. The Labute approximate surface area is 252 Å². The number of alkyl halides is 3. The van der Waals surface area contributed by atoms with E-state index in [9.17, 15) is 26.7 Å². The first kappa shape index (κ1) is 32.1. The number of nitrogens with zero attached hydrogens (tertiary/aromatic N) is 2. The number of anilines is 1. The van der Waals surface area contributed by atoms with Crippen LogP contribution in [0.5, 0.6) is 0 Å². The number of nitrogens with one attached hydrogen (secondary N) is 2. The maximum absolute atomic E-state index is 13.0. The van der Waals surface area contributed by atoms with E-state index < -0.39 is 28.7 Å². The molecule has 0 spiro atoms. The van der Waals surface area contributed by atoms with Gasteiger partial charge in [0.05, 0.1) is 23.1 Å². The van der Waals surface area contributed by atoms with Crippen LogP contribution < -0.4 is 10.0 Å². The van der Waals surface area contributed by atoms with E-state index in [0.29, 0.717) is 47.0 Å². The highest BCUT2D eigenvalue weighted by Crippen LogP contribution is 2.29. The van der Waals surface area contributed by atoms with E-state index in [1.54, 1.807) is 61.1 Å². The second-order valence-corrected chi connectivity index (χ2v) is 12.1. The Morgan fingerprint density at radius 2 is 1.84 bits per heavy atom. The molecular weight excluding hydrogens is 597 g/mol. The minimum atomic E-state index is -4.27. The van der Waals surface area contributed by atoms with Crippen molar-refractivity contribution in [2.45, 2.75) is 36.9 Å². The molecular formula is C31H31F3N4O3S2. The molecule has 1 atom stereocenters. The van der Waals surface area contributed by atoms with Crippen molar-refractivity contribution in [3.8, 4) is 10.6 Å². The summed E-state index contributed by atoms with van der Waals surface area (Å²) in [5.41, 5.74) is 3.98. The Morgan fingerprint density at radius 1 is 1.09 bits per heavy atom. The van der Waals surface area contributed by atoms with Crippen molar-refractivity contribution >= 4 is 32.6 Å². The van der Waals surface area contributed by atoms with E-state index in [2.05, 4.69) is 20.0 Å². The number of allylic oxidation sites excluding steroid dienone is 4. The lowest BCUT2D eigenvalue weighted by molar-refractivity contribution is -0.125. The first-order chi connectivity index (χ1) is 20.5. The number of hydrogen-bond acceptors (Lipinski definition) is 7. The van der Waals surface area contributed by atoms with Crippen LogP contribution >= 0.6 is 11.3 Å². The normalized spacial score (nSPS) is 13.4. The predicted molar refractivity (Wildman–Crippen MR) is 164 cm³/mol. The number of halogens is 3. The fraction of sp³-hybridized carbons (Fsp3) is 0.226. The standard InChI is InChI=1S/C31H31F3N4O3S2/c1-2-23(5-3-16-31(32,33)34)28-21-42-30(37-28)24-9-13-27(14-10-24)43(40,41)38-26-11-7-22(8-12-26)15-18-36-20-29(39)25-6-4-17-35-19-25/h2-14,17,19,21,29,36,38-39H,15-16,18,20H2,1H3/b5-3-,23-2+/t29-/m0/s1. The van der Waals surface area contributed by atoms with Gasteiger partial charge in [0.2, 0.25) is 0 Å². The number of aliphatic hydroxyl groups excluding tert-OH is 1. The van der Waals surface area contributed by atoms with Crippen molar-refractivity contribution < 1.29 is 26.7 Å². The minimum absolute atomic E-state index is 0.0812. The molecule has 0 bridgehead atoms. The molecule has 0 radical (unpaired) electrons. The number of benzene rings is 2. The van der Waals surface area contributed by atoms with Crippen LogP contribution in [0.2, 0.25) is 0 Å². The van der Waals surface area contributed by atoms with Gasteiger partial charge in [-0.1, -0.05) is 48.6 Å². The Kier molecular flexibility index (Phi) is 10.9. The molecule has 2 aromatic heterocycles. The van der Waals surface area contributed by atoms with Crippen molar-refractivity contribution in [1.82, 2.24) is 15.3 Å². The molecule has 0 aliphatic heterocycles. The van der Waals surface area contributed by atoms with Gasteiger partial charge in [0, 0.05) is 41.1 Å². The van der Waals surface area contributed by atoms with Gasteiger partial charge in [-0.2, -0.15) is 13.2 Å². The van der Waals surface area contributed by atoms with E-state index in [0.717, 1.165) is 17.2 Å². The average molecular weight is 629 g/mol. The van der Waals surface area contributed by atoms with Gasteiger partial charge in [0.25, 0.3) is 10.0 Å². The van der Waals surface area contributed by atoms with Crippen LogP contribution in [0.25, 0.3) is 16.1 Å². The molecule has 12 heteroatoms. The third kappa shape index (κ3) is 9.58. The Morgan fingerprint density at radius 3 is 2.49 bits per heavy atom. The molecule has 4 rings (SSSR count). The van der Waals surface area contributed by atoms with Crippen molar-refractivity contribution in [3.63, 3.8) is 0 Å². The molecule has 0 fully saturated rings. The number of pyridine rings is 1. The van der Waals surface area contributed by atoms with Crippen LogP contribution in [-0.2, 0) is 16.4 Å². The van der Waals surface area contributed by atoms with E-state index >= 15 is 0 Å². The zero-order valence-corrected chi connectivity index (χ0v) is 24.9. The molecule has 4 aromatic rings. The predicted octanol–water partition coefficient (Wildman–Crippen LogP) is 6.78. The number of hydrogen-bond donors (Lipinski definition) is 3. The second-order valence-electron chi connectivity index (χ2n) is 9.59. The lowest BCUT2D eigenvalue weighted by Gasteiger charge is -2.12. The highest BCUT2D eigenvalue weighted by molar-refractivity contribution is 7.92. The van der Waals surface area contributed by atoms with Crippen LogP contribution in [0.1, 0.15) is 36.3 Å². The quantitative estimate of drug-likeness (QED) is 0.111. The largest absolute Gasteiger partial charge is 0.392 e. The first-order valence-electron chi connectivity index (χ1n) is 13.4. The van der Waals surface area contributed by atoms with Gasteiger partial charge in [-0.15, -0.1) is 11.3 Å². The van der Waals surface area contributed by atoms with Gasteiger partial charge < -0.3 is 10.4 Å². The van der Waals surface area contributed by atoms with Gasteiger partial charge in [-0.25, -0.2) is 13.4 Å². The Bertz CT molecular complexity index is 1640. The summed E-state index contributed by atoms with van der Waals surface area (Å²) in [6.45, 7) is 2.76. The zero-order chi connectivity index (χ0) is 30.9. The molecule has 3 N–H and O–H groups in total. The molecule has 0 amide bonds. The van der Waals surface area contributed by atoms with E-state index in [1.165, 1.54) is 29.5 Å². The monoisotopic (exact) mass is 628 g/mol. The van der Waals surface area contributed by atoms with Crippen LogP contribution in [0.15, 0.2) is 102 Å². The fourth-order valence-electron chi connectivity index (χ4n) is 4.08. The molecule has 7 nitrogen and oxygen atoms in total. The smallest absolute Gasteiger partial charge is 0.387 e. The van der Waals surface area contributed by atoms with Crippen LogP contribution in [0, 0.1) is 0 Å². The number of thiazole rings is 1. The average Bonchev–Trinajstić information content (AvgIpc) is 3.48. The Balaban J connectivity index is 1.30. The molecule has 2 aromatic carbocycles. The van der Waals surface area contributed by atoms with Gasteiger partial charge in [0.15, 0.2) is 0 Å². The topological polar surface area (TPSA) is 104 Å². The van der Waals surface area contributed by atoms with Gasteiger partial charge >= 0.3 is 6.18 Å². The molecule has 0 aliphatic rings. The molecule has 0 aliphatic carbocycles. The van der Waals surface area contributed by atoms with Crippen molar-refractivity contribution in [2.75, 3.05) is 17.8 Å². The van der Waals surface area contributed by atoms with Crippen LogP contribution in [-0.4, -0.2) is 42.8 Å². The number of aliphatic hydroxyl groups is 1. The van der Waals surface area contributed by atoms with Crippen LogP contribution in [0.4, 0.5) is 18.9 Å². The fourth-order valence-corrected chi connectivity index (χ4v) is 5.97. The molecule has 0 unspecified atom stereocenters. The Hall–Kier alpha value is -3.84.